The van der Waals surface area contributed by atoms with Crippen LogP contribution in [0.15, 0.2) is 36.9 Å². The molecule has 2 aromatic rings. The van der Waals surface area contributed by atoms with E-state index in [1.807, 2.05) is 0 Å². The van der Waals surface area contributed by atoms with Crippen LogP contribution in [-0.2, 0) is 12.7 Å². The molecule has 0 amide bonds. The molecule has 0 N–H and O–H groups in total. The summed E-state index contributed by atoms with van der Waals surface area (Å²) in [6.07, 6.45) is 0.289. The molecular formula is C13H14F3N3O. The van der Waals surface area contributed by atoms with Crippen LogP contribution in [-0.4, -0.2) is 21.4 Å². The third-order valence-electron chi connectivity index (χ3n) is 2.68. The highest BCUT2D eigenvalue weighted by atomic mass is 19.4. The second-order valence-corrected chi connectivity index (χ2v) is 4.24. The van der Waals surface area contributed by atoms with Gasteiger partial charge in [-0.15, -0.1) is 0 Å². The summed E-state index contributed by atoms with van der Waals surface area (Å²) < 4.78 is 44.5. The predicted octanol–water partition coefficient (Wildman–Crippen LogP) is 3.16. The fourth-order valence-corrected chi connectivity index (χ4v) is 1.68. The molecule has 0 aliphatic carbocycles. The quantitative estimate of drug-likeness (QED) is 0.765. The number of halogens is 3. The first-order valence-corrected chi connectivity index (χ1v) is 6.18. The number of alkyl halides is 3. The Balaban J connectivity index is 1.74. The van der Waals surface area contributed by atoms with E-state index in [0.29, 0.717) is 13.2 Å². The lowest BCUT2D eigenvalue weighted by Gasteiger charge is -2.10. The lowest BCUT2D eigenvalue weighted by Crippen LogP contribution is -2.06. The molecule has 0 aliphatic heterocycles. The summed E-state index contributed by atoms with van der Waals surface area (Å²) in [5.74, 6) is 0.237. The van der Waals surface area contributed by atoms with Crippen LogP contribution < -0.4 is 4.74 Å². The number of ether oxygens (including phenoxy) is 1. The lowest BCUT2D eigenvalue weighted by molar-refractivity contribution is -0.137. The number of nitrogens with zero attached hydrogens (tertiary/aromatic N) is 3. The topological polar surface area (TPSA) is 39.9 Å². The van der Waals surface area contributed by atoms with E-state index in [-0.39, 0.29) is 5.75 Å². The Kier molecular flexibility index (Phi) is 4.60. The molecule has 1 aromatic carbocycles. The maximum absolute atomic E-state index is 12.5. The van der Waals surface area contributed by atoms with Crippen molar-refractivity contribution in [1.29, 1.82) is 0 Å². The summed E-state index contributed by atoms with van der Waals surface area (Å²) in [6.45, 7) is 1.09. The Morgan fingerprint density at radius 1 is 1.20 bits per heavy atom. The van der Waals surface area contributed by atoms with Crippen molar-refractivity contribution in [2.75, 3.05) is 6.61 Å². The summed E-state index contributed by atoms with van der Waals surface area (Å²) in [7, 11) is 0. The fraction of sp³-hybridized carbons (Fsp3) is 0.385. The average molecular weight is 285 g/mol. The first-order chi connectivity index (χ1) is 9.55. The van der Waals surface area contributed by atoms with Crippen molar-refractivity contribution in [2.45, 2.75) is 25.6 Å². The smallest absolute Gasteiger partial charge is 0.416 e. The summed E-state index contributed by atoms with van der Waals surface area (Å²) in [4.78, 5) is 3.82. The van der Waals surface area contributed by atoms with Crippen LogP contribution in [0.4, 0.5) is 13.2 Å². The SMILES string of the molecule is FC(F)(F)c1cccc(OCCCCn2cncn2)c1. The molecule has 0 radical (unpaired) electrons. The van der Waals surface area contributed by atoms with Crippen molar-refractivity contribution in [3.8, 4) is 5.75 Å². The Morgan fingerprint density at radius 2 is 2.05 bits per heavy atom. The zero-order valence-electron chi connectivity index (χ0n) is 10.7. The molecule has 0 bridgehead atoms. The standard InChI is InChI=1S/C13H14F3N3O/c14-13(15,16)11-4-3-5-12(8-11)20-7-2-1-6-19-10-17-9-18-19/h3-5,8-10H,1-2,6-7H2. The zero-order chi connectivity index (χ0) is 14.4. The number of hydrogen-bond donors (Lipinski definition) is 0. The van der Waals surface area contributed by atoms with Gasteiger partial charge in [-0.1, -0.05) is 6.07 Å². The van der Waals surface area contributed by atoms with Crippen LogP contribution in [0.2, 0.25) is 0 Å². The molecule has 7 heteroatoms. The van der Waals surface area contributed by atoms with Gasteiger partial charge >= 0.3 is 6.18 Å². The molecule has 20 heavy (non-hydrogen) atoms. The Labute approximate surface area is 114 Å². The second-order valence-electron chi connectivity index (χ2n) is 4.24. The van der Waals surface area contributed by atoms with Gasteiger partial charge in [-0.05, 0) is 31.0 Å². The summed E-state index contributed by atoms with van der Waals surface area (Å²) in [6, 6.07) is 4.90. The van der Waals surface area contributed by atoms with Crippen LogP contribution in [0.5, 0.6) is 5.75 Å². The van der Waals surface area contributed by atoms with Crippen molar-refractivity contribution in [1.82, 2.24) is 14.8 Å². The number of aryl methyl sites for hydroxylation is 1. The van der Waals surface area contributed by atoms with Gasteiger partial charge in [-0.25, -0.2) is 4.98 Å². The minimum absolute atomic E-state index is 0.237. The van der Waals surface area contributed by atoms with Gasteiger partial charge in [0.15, 0.2) is 0 Å². The van der Waals surface area contributed by atoms with Crippen LogP contribution in [0.1, 0.15) is 18.4 Å². The fourth-order valence-electron chi connectivity index (χ4n) is 1.68. The van der Waals surface area contributed by atoms with Crippen LogP contribution in [0, 0.1) is 0 Å². The van der Waals surface area contributed by atoms with E-state index in [0.717, 1.165) is 25.0 Å². The van der Waals surface area contributed by atoms with E-state index < -0.39 is 11.7 Å². The molecule has 0 fully saturated rings. The predicted molar refractivity (Wildman–Crippen MR) is 66.2 cm³/mol. The van der Waals surface area contributed by atoms with E-state index in [1.165, 1.54) is 18.5 Å². The van der Waals surface area contributed by atoms with E-state index in [4.69, 9.17) is 4.74 Å². The molecule has 1 aromatic heterocycles. The van der Waals surface area contributed by atoms with Crippen molar-refractivity contribution in [3.63, 3.8) is 0 Å². The monoisotopic (exact) mass is 285 g/mol. The van der Waals surface area contributed by atoms with Crippen molar-refractivity contribution >= 4 is 0 Å². The minimum Gasteiger partial charge on any atom is -0.494 e. The van der Waals surface area contributed by atoms with Gasteiger partial charge in [-0.3, -0.25) is 4.68 Å². The number of unbranched alkanes of at least 4 members (excludes halogenated alkanes) is 1. The Hall–Kier alpha value is -2.05. The van der Waals surface area contributed by atoms with Crippen LogP contribution >= 0.6 is 0 Å². The summed E-state index contributed by atoms with van der Waals surface area (Å²) >= 11 is 0. The minimum atomic E-state index is -4.34. The zero-order valence-corrected chi connectivity index (χ0v) is 10.7. The highest BCUT2D eigenvalue weighted by molar-refractivity contribution is 5.30. The molecule has 0 saturated heterocycles. The summed E-state index contributed by atoms with van der Waals surface area (Å²) in [5, 5.41) is 3.95. The molecule has 0 unspecified atom stereocenters. The highest BCUT2D eigenvalue weighted by Gasteiger charge is 2.30. The van der Waals surface area contributed by atoms with E-state index in [9.17, 15) is 13.2 Å². The third kappa shape index (κ3) is 4.25. The molecule has 0 saturated carbocycles. The Morgan fingerprint density at radius 3 is 2.75 bits per heavy atom. The van der Waals surface area contributed by atoms with Gasteiger partial charge in [-0.2, -0.15) is 18.3 Å². The first kappa shape index (κ1) is 14.4. The maximum Gasteiger partial charge on any atom is 0.416 e. The van der Waals surface area contributed by atoms with Crippen LogP contribution in [0.25, 0.3) is 0 Å². The molecule has 1 heterocycles. The van der Waals surface area contributed by atoms with Crippen molar-refractivity contribution in [3.05, 3.63) is 42.5 Å². The molecule has 4 nitrogen and oxygen atoms in total. The Bertz CT molecular complexity index is 526. The molecule has 0 aliphatic rings. The molecule has 2 rings (SSSR count). The number of aromatic nitrogens is 3. The molecule has 108 valence electrons. The van der Waals surface area contributed by atoms with Gasteiger partial charge in [0.2, 0.25) is 0 Å². The number of hydrogen-bond acceptors (Lipinski definition) is 3. The van der Waals surface area contributed by atoms with Gasteiger partial charge in [0.1, 0.15) is 18.4 Å². The molecule has 0 spiro atoms. The highest BCUT2D eigenvalue weighted by Crippen LogP contribution is 2.31. The van der Waals surface area contributed by atoms with Gasteiger partial charge in [0.05, 0.1) is 12.2 Å². The van der Waals surface area contributed by atoms with Gasteiger partial charge < -0.3 is 4.74 Å². The van der Waals surface area contributed by atoms with Crippen molar-refractivity contribution in [2.24, 2.45) is 0 Å². The maximum atomic E-state index is 12.5. The van der Waals surface area contributed by atoms with Crippen molar-refractivity contribution < 1.29 is 17.9 Å². The van der Waals surface area contributed by atoms with Gasteiger partial charge in [0, 0.05) is 6.54 Å². The third-order valence-corrected chi connectivity index (χ3v) is 2.68. The number of benzene rings is 1. The van der Waals surface area contributed by atoms with E-state index in [2.05, 4.69) is 10.1 Å². The first-order valence-electron chi connectivity index (χ1n) is 6.18. The van der Waals surface area contributed by atoms with Crippen LogP contribution in [0.3, 0.4) is 0 Å². The molecule has 0 atom stereocenters. The largest absolute Gasteiger partial charge is 0.494 e. The normalized spacial score (nSPS) is 11.6. The van der Waals surface area contributed by atoms with E-state index in [1.54, 1.807) is 11.0 Å². The second kappa shape index (κ2) is 6.40. The lowest BCUT2D eigenvalue weighted by atomic mass is 10.2. The number of rotatable bonds is 6. The summed E-state index contributed by atoms with van der Waals surface area (Å²) in [5.41, 5.74) is -0.697. The molecular weight excluding hydrogens is 271 g/mol. The van der Waals surface area contributed by atoms with E-state index >= 15 is 0 Å². The van der Waals surface area contributed by atoms with Gasteiger partial charge in [0.25, 0.3) is 0 Å². The average Bonchev–Trinajstić information content (AvgIpc) is 2.91.